The fourth-order valence-corrected chi connectivity index (χ4v) is 4.95. The van der Waals surface area contributed by atoms with Crippen LogP contribution in [-0.2, 0) is 20.8 Å². The van der Waals surface area contributed by atoms with Crippen LogP contribution in [0.5, 0.6) is 5.75 Å². The Hall–Kier alpha value is -4.85. The number of methoxy groups -OCH3 is 1. The number of halogens is 4. The minimum atomic E-state index is -4.91. The van der Waals surface area contributed by atoms with Crippen LogP contribution < -0.4 is 15.4 Å². The van der Waals surface area contributed by atoms with Gasteiger partial charge in [-0.2, -0.15) is 0 Å². The lowest BCUT2D eigenvalue weighted by atomic mass is 10.1. The summed E-state index contributed by atoms with van der Waals surface area (Å²) >= 11 is 5.98. The van der Waals surface area contributed by atoms with Crippen LogP contribution in [0.2, 0.25) is 5.02 Å². The second-order valence-electron chi connectivity index (χ2n) is 11.7. The molecule has 0 bridgehead atoms. The molecular formula is C33H35ClF3N5O6. The first-order valence-corrected chi connectivity index (χ1v) is 15.3. The molecule has 48 heavy (non-hydrogen) atoms. The molecule has 15 heteroatoms. The molecular weight excluding hydrogens is 655 g/mol. The van der Waals surface area contributed by atoms with E-state index in [-0.39, 0.29) is 30.4 Å². The zero-order valence-electron chi connectivity index (χ0n) is 26.7. The second-order valence-corrected chi connectivity index (χ2v) is 12.1. The molecule has 256 valence electrons. The first-order chi connectivity index (χ1) is 22.6. The summed E-state index contributed by atoms with van der Waals surface area (Å²) in [5, 5.41) is 8.37. The zero-order chi connectivity index (χ0) is 35.1. The molecule has 0 fully saturated rings. The van der Waals surface area contributed by atoms with Crippen LogP contribution >= 0.6 is 11.6 Å². The molecule has 11 nitrogen and oxygen atoms in total. The minimum absolute atomic E-state index is 0.0218. The van der Waals surface area contributed by atoms with Crippen molar-refractivity contribution in [3.63, 3.8) is 0 Å². The molecule has 0 saturated carbocycles. The van der Waals surface area contributed by atoms with Gasteiger partial charge in [0.2, 0.25) is 5.91 Å². The van der Waals surface area contributed by atoms with Crippen LogP contribution in [0.25, 0.3) is 21.7 Å². The molecule has 4 rings (SSSR count). The zero-order valence-corrected chi connectivity index (χ0v) is 27.5. The Balaban J connectivity index is 1.33. The van der Waals surface area contributed by atoms with Crippen LogP contribution in [0.4, 0.5) is 23.8 Å². The molecule has 2 heterocycles. The predicted octanol–water partition coefficient (Wildman–Crippen LogP) is 6.87. The third-order valence-electron chi connectivity index (χ3n) is 6.84. The molecule has 4 aromatic rings. The van der Waals surface area contributed by atoms with Crippen molar-refractivity contribution in [2.45, 2.75) is 52.1 Å². The van der Waals surface area contributed by atoms with E-state index < -0.39 is 29.8 Å². The van der Waals surface area contributed by atoms with E-state index >= 15 is 0 Å². The van der Waals surface area contributed by atoms with E-state index in [1.807, 2.05) is 6.07 Å². The van der Waals surface area contributed by atoms with E-state index in [0.717, 1.165) is 22.2 Å². The number of benzene rings is 2. The van der Waals surface area contributed by atoms with Gasteiger partial charge in [0.15, 0.2) is 0 Å². The highest BCUT2D eigenvalue weighted by Gasteiger charge is 2.32. The number of ether oxygens (including phenoxy) is 3. The third kappa shape index (κ3) is 10.1. The van der Waals surface area contributed by atoms with Crippen molar-refractivity contribution >= 4 is 57.1 Å². The molecule has 2 N–H and O–H groups in total. The Labute approximate surface area is 279 Å². The van der Waals surface area contributed by atoms with E-state index in [4.69, 9.17) is 26.1 Å². The molecule has 0 spiro atoms. The molecule has 0 aliphatic heterocycles. The number of carbonyl (C=O) groups is 3. The van der Waals surface area contributed by atoms with Gasteiger partial charge in [-0.1, -0.05) is 23.7 Å². The van der Waals surface area contributed by atoms with Gasteiger partial charge in [-0.3, -0.25) is 9.78 Å². The highest BCUT2D eigenvalue weighted by molar-refractivity contribution is 6.32. The maximum atomic E-state index is 12.9. The van der Waals surface area contributed by atoms with Crippen LogP contribution in [0.1, 0.15) is 49.5 Å². The van der Waals surface area contributed by atoms with Crippen molar-refractivity contribution in [1.29, 1.82) is 0 Å². The summed E-state index contributed by atoms with van der Waals surface area (Å²) in [7, 11) is 1.31. The maximum absolute atomic E-state index is 12.9. The number of pyridine rings is 2. The second kappa shape index (κ2) is 15.4. The number of hydrogen-bond donors (Lipinski definition) is 2. The lowest BCUT2D eigenvalue weighted by Crippen LogP contribution is -2.39. The van der Waals surface area contributed by atoms with Crippen molar-refractivity contribution in [1.82, 2.24) is 20.2 Å². The molecule has 0 aliphatic carbocycles. The average Bonchev–Trinajstić information content (AvgIpc) is 3.02. The van der Waals surface area contributed by atoms with Crippen LogP contribution in [0.15, 0.2) is 54.9 Å². The molecule has 0 radical (unpaired) electrons. The number of rotatable bonds is 12. The van der Waals surface area contributed by atoms with Crippen molar-refractivity contribution < 1.29 is 41.8 Å². The fourth-order valence-electron chi connectivity index (χ4n) is 4.71. The Kier molecular flexibility index (Phi) is 11.5. The first kappa shape index (κ1) is 36.0. The van der Waals surface area contributed by atoms with Crippen molar-refractivity contribution in [2.75, 3.05) is 32.1 Å². The van der Waals surface area contributed by atoms with E-state index in [2.05, 4.69) is 20.4 Å². The highest BCUT2D eigenvalue weighted by atomic mass is 35.5. The standard InChI is InChI=1S/C33H35ClF3N5O6/c1-32(2,3)48-31(45)42(19-20-6-9-27(25(34)16-20)47-33(35,36)37)15-11-28(43)39-12-5-13-40-29-23-10-14-38-18-24(23)22-8-7-21(30(44)46-4)17-26(22)41-29/h6-10,14,16-18H,5,11-13,15,19H2,1-4H3,(H,39,43)(H,40,41). The largest absolute Gasteiger partial charge is 0.573 e. The quantitative estimate of drug-likeness (QED) is 0.0930. The molecule has 2 amide bonds. The number of esters is 1. The van der Waals surface area contributed by atoms with Gasteiger partial charge in [-0.25, -0.2) is 14.6 Å². The van der Waals surface area contributed by atoms with Crippen LogP contribution in [0.3, 0.4) is 0 Å². The summed E-state index contributed by atoms with van der Waals surface area (Å²) in [6, 6.07) is 10.6. The third-order valence-corrected chi connectivity index (χ3v) is 7.14. The summed E-state index contributed by atoms with van der Waals surface area (Å²) in [4.78, 5) is 47.9. The lowest BCUT2D eigenvalue weighted by molar-refractivity contribution is -0.274. The maximum Gasteiger partial charge on any atom is 0.573 e. The van der Waals surface area contributed by atoms with Gasteiger partial charge in [0.1, 0.15) is 17.2 Å². The predicted molar refractivity (Wildman–Crippen MR) is 174 cm³/mol. The number of nitrogens with one attached hydrogen (secondary N) is 2. The summed E-state index contributed by atoms with van der Waals surface area (Å²) in [5.41, 5.74) is 0.561. The van der Waals surface area contributed by atoms with Gasteiger partial charge < -0.3 is 29.7 Å². The molecule has 2 aromatic heterocycles. The fraction of sp³-hybridized carbons (Fsp3) is 0.364. The molecule has 0 unspecified atom stereocenters. The molecule has 2 aromatic carbocycles. The average molecular weight is 690 g/mol. The first-order valence-electron chi connectivity index (χ1n) is 14.9. The number of carbonyl (C=O) groups excluding carboxylic acids is 3. The van der Waals surface area contributed by atoms with Crippen molar-refractivity contribution in [3.8, 4) is 5.75 Å². The molecule has 0 aliphatic rings. The van der Waals surface area contributed by atoms with Crippen molar-refractivity contribution in [2.24, 2.45) is 0 Å². The van der Waals surface area contributed by atoms with Gasteiger partial charge >= 0.3 is 18.4 Å². The Morgan fingerprint density at radius 1 is 0.979 bits per heavy atom. The van der Waals surface area contributed by atoms with Gasteiger partial charge in [0.05, 0.1) is 23.2 Å². The number of anilines is 1. The van der Waals surface area contributed by atoms with E-state index in [0.29, 0.717) is 42.0 Å². The van der Waals surface area contributed by atoms with Gasteiger partial charge in [-0.15, -0.1) is 13.2 Å². The minimum Gasteiger partial charge on any atom is -0.465 e. The normalized spacial score (nSPS) is 11.7. The van der Waals surface area contributed by atoms with E-state index in [9.17, 15) is 27.6 Å². The van der Waals surface area contributed by atoms with Crippen molar-refractivity contribution in [3.05, 3.63) is 71.0 Å². The number of aromatic nitrogens is 2. The Bertz CT molecular complexity index is 1800. The summed E-state index contributed by atoms with van der Waals surface area (Å²) in [5.74, 6) is -0.757. The van der Waals surface area contributed by atoms with Gasteiger partial charge in [-0.05, 0) is 63.1 Å². The smallest absolute Gasteiger partial charge is 0.465 e. The number of nitrogens with zero attached hydrogens (tertiary/aromatic N) is 3. The number of alkyl halides is 3. The topological polar surface area (TPSA) is 132 Å². The van der Waals surface area contributed by atoms with Crippen LogP contribution in [-0.4, -0.2) is 71.5 Å². The van der Waals surface area contributed by atoms with E-state index in [1.165, 1.54) is 24.1 Å². The monoisotopic (exact) mass is 689 g/mol. The summed E-state index contributed by atoms with van der Waals surface area (Å²) < 4.78 is 52.1. The van der Waals surface area contributed by atoms with E-state index in [1.54, 1.807) is 51.4 Å². The Morgan fingerprint density at radius 3 is 2.44 bits per heavy atom. The SMILES string of the molecule is COC(=O)c1ccc2c(c1)nc(NCCCNC(=O)CCN(Cc1ccc(OC(F)(F)F)c(Cl)c1)C(=O)OC(C)(C)C)c1ccncc12. The number of amides is 2. The number of fused-ring (bicyclic) bond motifs is 3. The summed E-state index contributed by atoms with van der Waals surface area (Å²) in [6.07, 6.45) is -1.72. The Morgan fingerprint density at radius 2 is 1.75 bits per heavy atom. The van der Waals surface area contributed by atoms with Gasteiger partial charge in [0, 0.05) is 61.2 Å². The molecule has 0 saturated heterocycles. The van der Waals surface area contributed by atoms with Gasteiger partial charge in [0.25, 0.3) is 0 Å². The summed E-state index contributed by atoms with van der Waals surface area (Å²) in [6.45, 7) is 5.78. The number of hydrogen-bond acceptors (Lipinski definition) is 9. The highest BCUT2D eigenvalue weighted by Crippen LogP contribution is 2.32. The van der Waals surface area contributed by atoms with Crippen LogP contribution in [0, 0.1) is 0 Å². The molecule has 0 atom stereocenters. The lowest BCUT2D eigenvalue weighted by Gasteiger charge is -2.27.